The van der Waals surface area contributed by atoms with Crippen molar-refractivity contribution in [1.29, 1.82) is 0 Å². The lowest BCUT2D eigenvalue weighted by molar-refractivity contribution is -0.185. The van der Waals surface area contributed by atoms with Crippen LogP contribution in [0.2, 0.25) is 0 Å². The topological polar surface area (TPSA) is 66.8 Å². The molecule has 1 aromatic heterocycles. The van der Waals surface area contributed by atoms with Crippen molar-refractivity contribution in [2.24, 2.45) is 4.99 Å². The average molecular weight is 388 g/mol. The number of benzene rings is 1. The standard InChI is InChI=1S/C14H11F3N4O2S2/c1-23-7-2-3-8-9(6-7)25-11(18-8)19-13(14(15,16)17)10(22)21-4-5-24-12(21)20-13/h2-3,6H,4-5H2,1H3,(H,18,19)/t13-/m1/s1. The second kappa shape index (κ2) is 5.49. The summed E-state index contributed by atoms with van der Waals surface area (Å²) in [5.41, 5.74) is -2.51. The van der Waals surface area contributed by atoms with Crippen molar-refractivity contribution >= 4 is 49.5 Å². The number of aliphatic imine (C=N–C) groups is 1. The summed E-state index contributed by atoms with van der Waals surface area (Å²) >= 11 is 2.15. The summed E-state index contributed by atoms with van der Waals surface area (Å²) in [6, 6.07) is 4.99. The average Bonchev–Trinajstić information content (AvgIpc) is 3.22. The minimum absolute atomic E-state index is 0.0237. The smallest absolute Gasteiger partial charge is 0.442 e. The Morgan fingerprint density at radius 3 is 2.88 bits per heavy atom. The van der Waals surface area contributed by atoms with Crippen molar-refractivity contribution < 1.29 is 22.7 Å². The van der Waals surface area contributed by atoms with E-state index in [1.807, 2.05) is 0 Å². The first-order valence-corrected chi connectivity index (χ1v) is 8.98. The number of ether oxygens (including phenoxy) is 1. The maximum atomic E-state index is 13.8. The van der Waals surface area contributed by atoms with Crippen LogP contribution in [0.5, 0.6) is 5.75 Å². The number of amides is 1. The third-order valence-electron chi connectivity index (χ3n) is 3.89. The number of fused-ring (bicyclic) bond motifs is 2. The summed E-state index contributed by atoms with van der Waals surface area (Å²) in [6.45, 7) is 0.221. The fraction of sp³-hybridized carbons (Fsp3) is 0.357. The van der Waals surface area contributed by atoms with Gasteiger partial charge in [0.1, 0.15) is 5.75 Å². The van der Waals surface area contributed by atoms with E-state index in [2.05, 4.69) is 15.3 Å². The van der Waals surface area contributed by atoms with E-state index in [9.17, 15) is 18.0 Å². The molecular formula is C14H11F3N4O2S2. The highest BCUT2D eigenvalue weighted by Crippen LogP contribution is 2.44. The maximum Gasteiger partial charge on any atom is 0.442 e. The van der Waals surface area contributed by atoms with Crippen molar-refractivity contribution in [2.75, 3.05) is 24.7 Å². The molecule has 11 heteroatoms. The van der Waals surface area contributed by atoms with Crippen LogP contribution in [0, 0.1) is 0 Å². The largest absolute Gasteiger partial charge is 0.497 e. The zero-order valence-corrected chi connectivity index (χ0v) is 14.4. The van der Waals surface area contributed by atoms with Crippen LogP contribution in [0.1, 0.15) is 0 Å². The van der Waals surface area contributed by atoms with Crippen molar-refractivity contribution in [3.63, 3.8) is 0 Å². The summed E-state index contributed by atoms with van der Waals surface area (Å²) in [5, 5.41) is 2.32. The lowest BCUT2D eigenvalue weighted by Gasteiger charge is -2.28. The quantitative estimate of drug-likeness (QED) is 0.876. The van der Waals surface area contributed by atoms with Crippen LogP contribution < -0.4 is 10.1 Å². The normalized spacial score (nSPS) is 23.1. The monoisotopic (exact) mass is 388 g/mol. The minimum Gasteiger partial charge on any atom is -0.497 e. The van der Waals surface area contributed by atoms with E-state index >= 15 is 0 Å². The van der Waals surface area contributed by atoms with Crippen LogP contribution in [-0.4, -0.2) is 52.2 Å². The Hall–Kier alpha value is -2.01. The number of halogens is 3. The molecular weight excluding hydrogens is 377 g/mol. The van der Waals surface area contributed by atoms with Gasteiger partial charge < -0.3 is 10.1 Å². The van der Waals surface area contributed by atoms with E-state index in [0.717, 1.165) is 28.0 Å². The molecule has 2 aliphatic rings. The molecule has 2 aromatic rings. The molecule has 0 spiro atoms. The van der Waals surface area contributed by atoms with Gasteiger partial charge in [-0.05, 0) is 18.2 Å². The summed E-state index contributed by atoms with van der Waals surface area (Å²) in [7, 11) is 1.50. The van der Waals surface area contributed by atoms with Crippen molar-refractivity contribution in [2.45, 2.75) is 11.8 Å². The van der Waals surface area contributed by atoms with Crippen LogP contribution >= 0.6 is 23.1 Å². The molecule has 0 radical (unpaired) electrons. The number of carbonyl (C=O) groups excluding carboxylic acids is 1. The Balaban J connectivity index is 1.76. The number of nitrogens with zero attached hydrogens (tertiary/aromatic N) is 3. The van der Waals surface area contributed by atoms with Crippen LogP contribution in [0.3, 0.4) is 0 Å². The van der Waals surface area contributed by atoms with Crippen LogP contribution in [0.15, 0.2) is 23.2 Å². The van der Waals surface area contributed by atoms with Crippen LogP contribution in [0.4, 0.5) is 18.3 Å². The molecule has 1 fully saturated rings. The van der Waals surface area contributed by atoms with Gasteiger partial charge in [0, 0.05) is 12.3 Å². The number of hydrogen-bond donors (Lipinski definition) is 1. The zero-order chi connectivity index (χ0) is 17.8. The summed E-state index contributed by atoms with van der Waals surface area (Å²) < 4.78 is 47.0. The van der Waals surface area contributed by atoms with Gasteiger partial charge in [0.25, 0.3) is 5.91 Å². The molecule has 1 amide bonds. The number of methoxy groups -OCH3 is 1. The second-order valence-electron chi connectivity index (χ2n) is 5.39. The Bertz CT molecular complexity index is 898. The first-order chi connectivity index (χ1) is 11.8. The molecule has 0 saturated carbocycles. The molecule has 1 N–H and O–H groups in total. The fourth-order valence-corrected chi connectivity index (χ4v) is 4.58. The first kappa shape index (κ1) is 16.5. The lowest BCUT2D eigenvalue weighted by Crippen LogP contribution is -2.57. The van der Waals surface area contributed by atoms with Gasteiger partial charge in [0.15, 0.2) is 10.3 Å². The SMILES string of the molecule is COc1ccc2nc(N[C@@]3(C(F)(F)F)N=C4SCCN4C3=O)sc2c1. The van der Waals surface area contributed by atoms with Gasteiger partial charge in [0.2, 0.25) is 0 Å². The van der Waals surface area contributed by atoms with Crippen LogP contribution in [0.25, 0.3) is 10.2 Å². The molecule has 0 unspecified atom stereocenters. The third-order valence-corrected chi connectivity index (χ3v) is 5.78. The number of rotatable bonds is 3. The third kappa shape index (κ3) is 2.44. The van der Waals surface area contributed by atoms with E-state index in [0.29, 0.717) is 21.7 Å². The zero-order valence-electron chi connectivity index (χ0n) is 12.8. The molecule has 1 saturated heterocycles. The number of anilines is 1. The van der Waals surface area contributed by atoms with E-state index < -0.39 is 17.7 Å². The second-order valence-corrected chi connectivity index (χ2v) is 7.48. The molecule has 132 valence electrons. The summed E-state index contributed by atoms with van der Waals surface area (Å²) in [4.78, 5) is 21.4. The lowest BCUT2D eigenvalue weighted by atomic mass is 10.1. The number of alkyl halides is 3. The summed E-state index contributed by atoms with van der Waals surface area (Å²) in [6.07, 6.45) is -4.89. The van der Waals surface area contributed by atoms with Gasteiger partial charge in [-0.2, -0.15) is 13.2 Å². The van der Waals surface area contributed by atoms with Crippen molar-refractivity contribution in [3.8, 4) is 5.75 Å². The molecule has 2 aliphatic heterocycles. The van der Waals surface area contributed by atoms with Gasteiger partial charge in [0.05, 0.1) is 17.3 Å². The van der Waals surface area contributed by atoms with E-state index in [1.165, 1.54) is 7.11 Å². The van der Waals surface area contributed by atoms with Gasteiger partial charge in [-0.25, -0.2) is 9.98 Å². The molecule has 1 aromatic carbocycles. The molecule has 0 aliphatic carbocycles. The molecule has 4 rings (SSSR count). The number of aromatic nitrogens is 1. The highest BCUT2D eigenvalue weighted by molar-refractivity contribution is 8.14. The predicted octanol–water partition coefficient (Wildman–Crippen LogP) is 2.92. The number of thiazole rings is 1. The summed E-state index contributed by atoms with van der Waals surface area (Å²) in [5.74, 6) is -0.00120. The molecule has 0 bridgehead atoms. The molecule has 1 atom stereocenters. The van der Waals surface area contributed by atoms with E-state index in [1.54, 1.807) is 18.2 Å². The Morgan fingerprint density at radius 2 is 2.20 bits per heavy atom. The fourth-order valence-electron chi connectivity index (χ4n) is 2.65. The van der Waals surface area contributed by atoms with E-state index in [4.69, 9.17) is 4.74 Å². The number of hydrogen-bond acceptors (Lipinski definition) is 7. The highest BCUT2D eigenvalue weighted by Gasteiger charge is 2.67. The van der Waals surface area contributed by atoms with Gasteiger partial charge in [-0.15, -0.1) is 0 Å². The number of thioether (sulfide) groups is 1. The maximum absolute atomic E-state index is 13.8. The van der Waals surface area contributed by atoms with E-state index in [-0.39, 0.29) is 16.8 Å². The molecule has 3 heterocycles. The molecule has 6 nitrogen and oxygen atoms in total. The van der Waals surface area contributed by atoms with Gasteiger partial charge in [-0.3, -0.25) is 9.69 Å². The van der Waals surface area contributed by atoms with Gasteiger partial charge in [-0.1, -0.05) is 23.1 Å². The van der Waals surface area contributed by atoms with Gasteiger partial charge >= 0.3 is 11.8 Å². The Kier molecular flexibility index (Phi) is 3.62. The van der Waals surface area contributed by atoms with Crippen molar-refractivity contribution in [3.05, 3.63) is 18.2 Å². The molecule has 25 heavy (non-hydrogen) atoms. The number of nitrogens with one attached hydrogen (secondary N) is 1. The minimum atomic E-state index is -4.89. The Morgan fingerprint density at radius 1 is 1.40 bits per heavy atom. The number of carbonyl (C=O) groups is 1. The number of amidine groups is 1. The highest BCUT2D eigenvalue weighted by atomic mass is 32.2. The van der Waals surface area contributed by atoms with Crippen LogP contribution in [-0.2, 0) is 4.79 Å². The Labute approximate surface area is 148 Å². The predicted molar refractivity (Wildman–Crippen MR) is 90.2 cm³/mol. The van der Waals surface area contributed by atoms with Crippen molar-refractivity contribution in [1.82, 2.24) is 9.88 Å². The first-order valence-electron chi connectivity index (χ1n) is 7.18.